The van der Waals surface area contributed by atoms with Gasteiger partial charge < -0.3 is 4.57 Å². The van der Waals surface area contributed by atoms with Crippen molar-refractivity contribution in [2.75, 3.05) is 0 Å². The molecule has 1 unspecified atom stereocenters. The number of rotatable bonds is 1. The molecular formula is C45H27NS. The van der Waals surface area contributed by atoms with Crippen molar-refractivity contribution in [1.29, 1.82) is 0 Å². The third kappa shape index (κ3) is 3.26. The zero-order valence-corrected chi connectivity index (χ0v) is 26.3. The zero-order valence-electron chi connectivity index (χ0n) is 25.4. The normalized spacial score (nSPS) is 16.1. The summed E-state index contributed by atoms with van der Waals surface area (Å²) in [6.45, 7) is 0. The first kappa shape index (κ1) is 25.6. The third-order valence-corrected chi connectivity index (χ3v) is 11.8. The minimum atomic E-state index is -0.472. The highest BCUT2D eigenvalue weighted by Crippen LogP contribution is 2.60. The van der Waals surface area contributed by atoms with Crippen LogP contribution < -0.4 is 0 Å². The van der Waals surface area contributed by atoms with Crippen LogP contribution >= 0.6 is 11.8 Å². The molecule has 1 atom stereocenters. The molecule has 47 heavy (non-hydrogen) atoms. The highest BCUT2D eigenvalue weighted by molar-refractivity contribution is 7.99. The second kappa shape index (κ2) is 9.25. The van der Waals surface area contributed by atoms with Crippen molar-refractivity contribution >= 4 is 55.1 Å². The summed E-state index contributed by atoms with van der Waals surface area (Å²) in [5.74, 6) is 0. The molecule has 11 rings (SSSR count). The second-order valence-electron chi connectivity index (χ2n) is 12.9. The van der Waals surface area contributed by atoms with Crippen molar-refractivity contribution in [3.05, 3.63) is 186 Å². The molecule has 2 heteroatoms. The maximum atomic E-state index is 2.52. The summed E-state index contributed by atoms with van der Waals surface area (Å²) < 4.78 is 2.52. The molecule has 0 aliphatic carbocycles. The highest BCUT2D eigenvalue weighted by Gasteiger charge is 2.49. The lowest BCUT2D eigenvalue weighted by molar-refractivity contribution is 0.690. The SMILES string of the molecule is c1ccc2c(c1)Sc1ccc(-c3ccc4c(ccc5ccccc54)c3)cc1C21c2ccccc2-n2c3ccccc3c3cccc1c32. The first-order valence-corrected chi connectivity index (χ1v) is 17.1. The van der Waals surface area contributed by atoms with E-state index in [4.69, 9.17) is 0 Å². The van der Waals surface area contributed by atoms with E-state index in [1.807, 2.05) is 11.8 Å². The number of aromatic nitrogens is 1. The van der Waals surface area contributed by atoms with Gasteiger partial charge in [0.15, 0.2) is 0 Å². The summed E-state index contributed by atoms with van der Waals surface area (Å²) in [5.41, 5.74) is 11.2. The van der Waals surface area contributed by atoms with Crippen LogP contribution in [0.25, 0.3) is 60.2 Å². The summed E-state index contributed by atoms with van der Waals surface area (Å²) in [4.78, 5) is 2.64. The average Bonchev–Trinajstić information content (AvgIpc) is 3.48. The van der Waals surface area contributed by atoms with Crippen molar-refractivity contribution in [2.45, 2.75) is 15.2 Å². The topological polar surface area (TPSA) is 4.93 Å². The Labute approximate surface area is 276 Å². The Morgan fingerprint density at radius 2 is 1.06 bits per heavy atom. The standard InChI is InChI=1S/C45H27NS/c1-2-11-32-28(10-1)20-21-31-26-29(22-24-33(31)32)30-23-25-43-39(27-30)45(37-15-5-8-19-42(37)47-43)36-14-4-7-18-41(36)46-40-17-6-3-12-34(40)35-13-9-16-38(45)44(35)46/h1-27H. The van der Waals surface area contributed by atoms with Gasteiger partial charge in [-0.25, -0.2) is 0 Å². The van der Waals surface area contributed by atoms with Gasteiger partial charge in [0.1, 0.15) is 0 Å². The van der Waals surface area contributed by atoms with Crippen LogP contribution in [0, 0.1) is 0 Å². The van der Waals surface area contributed by atoms with Gasteiger partial charge in [-0.15, -0.1) is 0 Å². The van der Waals surface area contributed by atoms with Crippen LogP contribution in [0.1, 0.15) is 22.3 Å². The van der Waals surface area contributed by atoms with Gasteiger partial charge in [0.2, 0.25) is 0 Å². The van der Waals surface area contributed by atoms with Gasteiger partial charge in [0.05, 0.1) is 22.1 Å². The van der Waals surface area contributed by atoms with Crippen LogP contribution in [0.4, 0.5) is 0 Å². The van der Waals surface area contributed by atoms with Gasteiger partial charge in [-0.2, -0.15) is 0 Å². The molecule has 2 aliphatic rings. The van der Waals surface area contributed by atoms with Crippen molar-refractivity contribution in [3.8, 4) is 16.8 Å². The lowest BCUT2D eigenvalue weighted by atomic mass is 9.62. The van der Waals surface area contributed by atoms with Crippen molar-refractivity contribution in [1.82, 2.24) is 4.57 Å². The first-order chi connectivity index (χ1) is 23.3. The molecule has 0 bridgehead atoms. The van der Waals surface area contributed by atoms with E-state index in [0.717, 1.165) is 0 Å². The number of fused-ring (bicyclic) bond motifs is 14. The maximum absolute atomic E-state index is 2.52. The van der Waals surface area contributed by atoms with E-state index in [1.165, 1.54) is 92.2 Å². The Hall–Kier alpha value is -5.57. The molecule has 1 spiro atoms. The summed E-state index contributed by atoms with van der Waals surface area (Å²) in [7, 11) is 0. The smallest absolute Gasteiger partial charge is 0.0764 e. The molecule has 0 amide bonds. The van der Waals surface area contributed by atoms with E-state index in [1.54, 1.807) is 0 Å². The molecule has 1 nitrogen and oxygen atoms in total. The van der Waals surface area contributed by atoms with Gasteiger partial charge in [-0.05, 0) is 91.3 Å². The van der Waals surface area contributed by atoms with Crippen LogP contribution in [0.2, 0.25) is 0 Å². The van der Waals surface area contributed by atoms with Crippen LogP contribution in [-0.4, -0.2) is 4.57 Å². The molecular weight excluding hydrogens is 587 g/mol. The molecule has 0 fully saturated rings. The summed E-state index contributed by atoms with van der Waals surface area (Å²) in [5, 5.41) is 7.75. The van der Waals surface area contributed by atoms with Crippen molar-refractivity contribution < 1.29 is 0 Å². The lowest BCUT2D eigenvalue weighted by Crippen LogP contribution is -2.37. The zero-order chi connectivity index (χ0) is 30.7. The van der Waals surface area contributed by atoms with Gasteiger partial charge >= 0.3 is 0 Å². The molecule has 0 N–H and O–H groups in total. The second-order valence-corrected chi connectivity index (χ2v) is 13.9. The number of hydrogen-bond donors (Lipinski definition) is 0. The molecule has 1 aromatic heterocycles. The van der Waals surface area contributed by atoms with E-state index in [9.17, 15) is 0 Å². The summed E-state index contributed by atoms with van der Waals surface area (Å²) in [6, 6.07) is 61.4. The van der Waals surface area contributed by atoms with Crippen molar-refractivity contribution in [2.24, 2.45) is 0 Å². The first-order valence-electron chi connectivity index (χ1n) is 16.3. The fourth-order valence-corrected chi connectivity index (χ4v) is 9.87. The average molecular weight is 614 g/mol. The summed E-state index contributed by atoms with van der Waals surface area (Å²) in [6.07, 6.45) is 0. The van der Waals surface area contributed by atoms with Gasteiger partial charge in [0, 0.05) is 20.6 Å². The van der Waals surface area contributed by atoms with Gasteiger partial charge in [-0.1, -0.05) is 139 Å². The van der Waals surface area contributed by atoms with E-state index < -0.39 is 5.41 Å². The van der Waals surface area contributed by atoms with E-state index in [-0.39, 0.29) is 0 Å². The van der Waals surface area contributed by atoms with Gasteiger partial charge in [-0.3, -0.25) is 0 Å². The molecule has 0 radical (unpaired) electrons. The van der Waals surface area contributed by atoms with E-state index >= 15 is 0 Å². The van der Waals surface area contributed by atoms with Crippen molar-refractivity contribution in [3.63, 3.8) is 0 Å². The highest BCUT2D eigenvalue weighted by atomic mass is 32.2. The fraction of sp³-hybridized carbons (Fsp3) is 0.0222. The Morgan fingerprint density at radius 1 is 0.404 bits per heavy atom. The molecule has 8 aromatic carbocycles. The number of para-hydroxylation sites is 3. The number of nitrogens with zero attached hydrogens (tertiary/aromatic N) is 1. The number of hydrogen-bond acceptors (Lipinski definition) is 1. The Morgan fingerprint density at radius 3 is 2.02 bits per heavy atom. The minimum absolute atomic E-state index is 0.472. The van der Waals surface area contributed by atoms with Crippen LogP contribution in [0.15, 0.2) is 174 Å². The Balaban J connectivity index is 1.25. The predicted molar refractivity (Wildman–Crippen MR) is 197 cm³/mol. The van der Waals surface area contributed by atoms with Crippen LogP contribution in [0.5, 0.6) is 0 Å². The molecule has 9 aromatic rings. The predicted octanol–water partition coefficient (Wildman–Crippen LogP) is 11.9. The third-order valence-electron chi connectivity index (χ3n) is 10.6. The van der Waals surface area contributed by atoms with Gasteiger partial charge in [0.25, 0.3) is 0 Å². The quantitative estimate of drug-likeness (QED) is 0.167. The molecule has 0 saturated heterocycles. The lowest BCUT2D eigenvalue weighted by Gasteiger charge is -2.45. The van der Waals surface area contributed by atoms with E-state index in [2.05, 4.69) is 168 Å². The largest absolute Gasteiger partial charge is 0.309 e. The van der Waals surface area contributed by atoms with Crippen LogP contribution in [-0.2, 0) is 5.41 Å². The molecule has 3 heterocycles. The fourth-order valence-electron chi connectivity index (χ4n) is 8.70. The van der Waals surface area contributed by atoms with E-state index in [0.29, 0.717) is 0 Å². The maximum Gasteiger partial charge on any atom is 0.0764 e. The Kier molecular flexibility index (Phi) is 5.04. The minimum Gasteiger partial charge on any atom is -0.309 e. The Bertz CT molecular complexity index is 2790. The summed E-state index contributed by atoms with van der Waals surface area (Å²) >= 11 is 1.90. The molecule has 0 saturated carbocycles. The number of benzene rings is 8. The molecule has 2 aliphatic heterocycles. The monoisotopic (exact) mass is 613 g/mol. The van der Waals surface area contributed by atoms with Crippen LogP contribution in [0.3, 0.4) is 0 Å². The molecule has 218 valence electrons.